The van der Waals surface area contributed by atoms with Gasteiger partial charge in [0.2, 0.25) is 11.8 Å². The van der Waals surface area contributed by atoms with Crippen LogP contribution in [-0.4, -0.2) is 44.0 Å². The first-order chi connectivity index (χ1) is 14.6. The van der Waals surface area contributed by atoms with Gasteiger partial charge >= 0.3 is 0 Å². The Morgan fingerprint density at radius 2 is 1.73 bits per heavy atom. The number of piperidine rings is 1. The molecule has 0 aliphatic carbocycles. The largest absolute Gasteiger partial charge is 0.493 e. The predicted molar refractivity (Wildman–Crippen MR) is 116 cm³/mol. The maximum absolute atomic E-state index is 12.5. The van der Waals surface area contributed by atoms with Crippen molar-refractivity contribution in [1.29, 1.82) is 0 Å². The first-order valence-electron chi connectivity index (χ1n) is 10.1. The Morgan fingerprint density at radius 1 is 1.03 bits per heavy atom. The van der Waals surface area contributed by atoms with Crippen LogP contribution in [0.15, 0.2) is 54.6 Å². The maximum atomic E-state index is 12.5. The molecule has 1 aliphatic rings. The second kappa shape index (κ2) is 10.5. The molecule has 0 unspecified atom stereocenters. The molecule has 2 aromatic carbocycles. The van der Waals surface area contributed by atoms with E-state index in [2.05, 4.69) is 5.32 Å². The predicted octanol–water partition coefficient (Wildman–Crippen LogP) is 3.27. The van der Waals surface area contributed by atoms with Gasteiger partial charge in [-0.1, -0.05) is 36.4 Å². The molecule has 2 aromatic rings. The number of carbonyl (C=O) groups is 2. The van der Waals surface area contributed by atoms with Crippen LogP contribution in [0.2, 0.25) is 0 Å². The van der Waals surface area contributed by atoms with Crippen LogP contribution in [-0.2, 0) is 16.1 Å². The van der Waals surface area contributed by atoms with E-state index in [-0.39, 0.29) is 17.7 Å². The van der Waals surface area contributed by atoms with Crippen LogP contribution in [0.4, 0.5) is 0 Å². The summed E-state index contributed by atoms with van der Waals surface area (Å²) >= 11 is 0. The average Bonchev–Trinajstić information content (AvgIpc) is 2.81. The molecule has 0 radical (unpaired) electrons. The van der Waals surface area contributed by atoms with Crippen molar-refractivity contribution in [2.45, 2.75) is 19.4 Å². The number of hydrogen-bond acceptors (Lipinski definition) is 4. The number of hydrogen-bond donors (Lipinski definition) is 1. The van der Waals surface area contributed by atoms with Crippen molar-refractivity contribution < 1.29 is 19.1 Å². The van der Waals surface area contributed by atoms with Crippen LogP contribution >= 0.6 is 0 Å². The highest BCUT2D eigenvalue weighted by atomic mass is 16.5. The van der Waals surface area contributed by atoms with E-state index in [1.807, 2.05) is 48.5 Å². The van der Waals surface area contributed by atoms with Crippen molar-refractivity contribution in [2.24, 2.45) is 5.92 Å². The Bertz CT molecular complexity index is 887. The van der Waals surface area contributed by atoms with Gasteiger partial charge in [0.15, 0.2) is 11.5 Å². The van der Waals surface area contributed by atoms with Crippen molar-refractivity contribution in [2.75, 3.05) is 27.3 Å². The number of ether oxygens (including phenoxy) is 2. The Hall–Kier alpha value is -3.28. The fourth-order valence-electron chi connectivity index (χ4n) is 3.52. The Balaban J connectivity index is 1.48. The zero-order valence-corrected chi connectivity index (χ0v) is 17.5. The quantitative estimate of drug-likeness (QED) is 0.714. The van der Waals surface area contributed by atoms with E-state index in [1.165, 1.54) is 0 Å². The molecular weight excluding hydrogens is 380 g/mol. The van der Waals surface area contributed by atoms with E-state index >= 15 is 0 Å². The summed E-state index contributed by atoms with van der Waals surface area (Å²) in [5.74, 6) is 1.23. The van der Waals surface area contributed by atoms with E-state index in [9.17, 15) is 9.59 Å². The normalized spacial score (nSPS) is 14.5. The molecule has 30 heavy (non-hydrogen) atoms. The number of carbonyl (C=O) groups excluding carboxylic acids is 2. The minimum absolute atomic E-state index is 0.0482. The molecule has 1 heterocycles. The fourth-order valence-corrected chi connectivity index (χ4v) is 3.52. The van der Waals surface area contributed by atoms with Crippen LogP contribution in [0, 0.1) is 5.92 Å². The molecule has 1 N–H and O–H groups in total. The van der Waals surface area contributed by atoms with E-state index in [0.717, 1.165) is 11.1 Å². The van der Waals surface area contributed by atoms with Gasteiger partial charge in [-0.05, 0) is 42.2 Å². The zero-order chi connectivity index (χ0) is 21.3. The highest BCUT2D eigenvalue weighted by molar-refractivity contribution is 5.92. The van der Waals surface area contributed by atoms with Crippen molar-refractivity contribution in [1.82, 2.24) is 10.2 Å². The third kappa shape index (κ3) is 5.63. The number of nitrogens with zero attached hydrogens (tertiary/aromatic N) is 1. The molecule has 0 spiro atoms. The molecule has 0 saturated carbocycles. The van der Waals surface area contributed by atoms with Gasteiger partial charge in [-0.25, -0.2) is 0 Å². The molecule has 1 aliphatic heterocycles. The van der Waals surface area contributed by atoms with Gasteiger partial charge in [-0.2, -0.15) is 0 Å². The van der Waals surface area contributed by atoms with Crippen molar-refractivity contribution >= 4 is 17.9 Å². The van der Waals surface area contributed by atoms with E-state index in [4.69, 9.17) is 9.47 Å². The second-order valence-electron chi connectivity index (χ2n) is 7.25. The van der Waals surface area contributed by atoms with Gasteiger partial charge in [0.25, 0.3) is 0 Å². The first kappa shape index (κ1) is 21.4. The van der Waals surface area contributed by atoms with Crippen molar-refractivity contribution in [3.05, 3.63) is 65.7 Å². The topological polar surface area (TPSA) is 67.9 Å². The monoisotopic (exact) mass is 408 g/mol. The fraction of sp³-hybridized carbons (Fsp3) is 0.333. The number of amides is 2. The first-order valence-corrected chi connectivity index (χ1v) is 10.1. The second-order valence-corrected chi connectivity index (χ2v) is 7.25. The third-order valence-corrected chi connectivity index (χ3v) is 5.31. The van der Waals surface area contributed by atoms with Crippen LogP contribution in [0.5, 0.6) is 11.5 Å². The van der Waals surface area contributed by atoms with Gasteiger partial charge in [0.05, 0.1) is 14.2 Å². The van der Waals surface area contributed by atoms with Crippen LogP contribution in [0.3, 0.4) is 0 Å². The van der Waals surface area contributed by atoms with Crippen molar-refractivity contribution in [3.8, 4) is 11.5 Å². The number of benzene rings is 2. The highest BCUT2D eigenvalue weighted by Gasteiger charge is 2.26. The minimum atomic E-state index is -0.0485. The van der Waals surface area contributed by atoms with Crippen molar-refractivity contribution in [3.63, 3.8) is 0 Å². The minimum Gasteiger partial charge on any atom is -0.493 e. The highest BCUT2D eigenvalue weighted by Crippen LogP contribution is 2.28. The number of rotatable bonds is 7. The molecule has 0 aromatic heterocycles. The van der Waals surface area contributed by atoms with Gasteiger partial charge in [0.1, 0.15) is 0 Å². The summed E-state index contributed by atoms with van der Waals surface area (Å²) < 4.78 is 10.5. The molecule has 6 nitrogen and oxygen atoms in total. The summed E-state index contributed by atoms with van der Waals surface area (Å²) in [4.78, 5) is 26.7. The lowest BCUT2D eigenvalue weighted by atomic mass is 9.95. The molecule has 0 atom stereocenters. The van der Waals surface area contributed by atoms with Crippen LogP contribution < -0.4 is 14.8 Å². The Kier molecular flexibility index (Phi) is 7.49. The van der Waals surface area contributed by atoms with E-state index in [1.54, 1.807) is 31.3 Å². The standard InChI is InChI=1S/C24H28N2O4/c1-29-21-10-8-18(16-22(21)30-2)9-11-23(27)26-14-12-20(13-15-26)24(28)25-17-19-6-4-3-5-7-19/h3-11,16,20H,12-15,17H2,1-2H3,(H,25,28). The summed E-state index contributed by atoms with van der Waals surface area (Å²) in [6.07, 6.45) is 4.69. The van der Waals surface area contributed by atoms with Gasteiger partial charge in [-0.15, -0.1) is 0 Å². The number of likely N-dealkylation sites (tertiary alicyclic amines) is 1. The summed E-state index contributed by atoms with van der Waals surface area (Å²) in [5.41, 5.74) is 1.94. The molecular formula is C24H28N2O4. The smallest absolute Gasteiger partial charge is 0.246 e. The van der Waals surface area contributed by atoms with E-state index in [0.29, 0.717) is 44.0 Å². The summed E-state index contributed by atoms with van der Waals surface area (Å²) in [7, 11) is 3.17. The molecule has 1 fully saturated rings. The summed E-state index contributed by atoms with van der Waals surface area (Å²) in [6, 6.07) is 15.4. The lowest BCUT2D eigenvalue weighted by Gasteiger charge is -2.30. The molecule has 1 saturated heterocycles. The van der Waals surface area contributed by atoms with Gasteiger partial charge in [0, 0.05) is 31.6 Å². The molecule has 3 rings (SSSR count). The van der Waals surface area contributed by atoms with Crippen LogP contribution in [0.1, 0.15) is 24.0 Å². The Morgan fingerprint density at radius 3 is 2.40 bits per heavy atom. The zero-order valence-electron chi connectivity index (χ0n) is 17.5. The lowest BCUT2D eigenvalue weighted by molar-refractivity contribution is -0.132. The molecule has 2 amide bonds. The summed E-state index contributed by atoms with van der Waals surface area (Å²) in [5, 5.41) is 3.00. The van der Waals surface area contributed by atoms with E-state index < -0.39 is 0 Å². The van der Waals surface area contributed by atoms with Gasteiger partial charge in [-0.3, -0.25) is 9.59 Å². The van der Waals surface area contributed by atoms with Crippen LogP contribution in [0.25, 0.3) is 6.08 Å². The molecule has 0 bridgehead atoms. The van der Waals surface area contributed by atoms with Gasteiger partial charge < -0.3 is 19.7 Å². The average molecular weight is 408 g/mol. The summed E-state index contributed by atoms with van der Waals surface area (Å²) in [6.45, 7) is 1.70. The number of nitrogens with one attached hydrogen (secondary N) is 1. The molecule has 6 heteroatoms. The SMILES string of the molecule is COc1ccc(C=CC(=O)N2CCC(C(=O)NCc3ccccc3)CC2)cc1OC. The third-order valence-electron chi connectivity index (χ3n) is 5.31. The maximum Gasteiger partial charge on any atom is 0.246 e. The Labute approximate surface area is 177 Å². The molecule has 158 valence electrons. The lowest BCUT2D eigenvalue weighted by Crippen LogP contribution is -2.42. The number of methoxy groups -OCH3 is 2.